The van der Waals surface area contributed by atoms with Crippen molar-refractivity contribution in [3.63, 3.8) is 0 Å². The Hall–Kier alpha value is -5.66. The van der Waals surface area contributed by atoms with Gasteiger partial charge in [-0.15, -0.1) is 0 Å². The van der Waals surface area contributed by atoms with Crippen LogP contribution in [0.1, 0.15) is 22.3 Å². The summed E-state index contributed by atoms with van der Waals surface area (Å²) in [6, 6.07) is 58.3. The second-order valence-electron chi connectivity index (χ2n) is 13.5. The smallest absolute Gasteiger partial charge is 0.326 e. The van der Waals surface area contributed by atoms with Crippen LogP contribution in [0.4, 0.5) is 0 Å². The van der Waals surface area contributed by atoms with E-state index in [2.05, 4.69) is 149 Å². The van der Waals surface area contributed by atoms with Gasteiger partial charge in [-0.05, 0) is 110 Å². The Labute approximate surface area is 319 Å². The van der Waals surface area contributed by atoms with E-state index in [1.165, 1.54) is 0 Å². The number of hydrogen-bond donors (Lipinski definition) is 0. The first-order valence-electron chi connectivity index (χ1n) is 18.0. The van der Waals surface area contributed by atoms with E-state index >= 15 is 0 Å². The molecule has 6 heteroatoms. The lowest BCUT2D eigenvalue weighted by atomic mass is 9.94. The van der Waals surface area contributed by atoms with Gasteiger partial charge in [0, 0.05) is 11.1 Å². The van der Waals surface area contributed by atoms with Gasteiger partial charge in [0.15, 0.2) is 0 Å². The van der Waals surface area contributed by atoms with Crippen LogP contribution in [0.3, 0.4) is 0 Å². The minimum Gasteiger partial charge on any atom is -0.435 e. The predicted molar refractivity (Wildman–Crippen MR) is 227 cm³/mol. The van der Waals surface area contributed by atoms with Gasteiger partial charge in [0.2, 0.25) is 0 Å². The molecule has 0 aliphatic rings. The number of benzene rings is 8. The van der Waals surface area contributed by atoms with Gasteiger partial charge in [0.1, 0.15) is 23.0 Å². The zero-order valence-corrected chi connectivity index (χ0v) is 32.5. The van der Waals surface area contributed by atoms with Crippen LogP contribution in [-0.2, 0) is 0 Å². The summed E-state index contributed by atoms with van der Waals surface area (Å²) in [6.07, 6.45) is 0. The van der Waals surface area contributed by atoms with Crippen LogP contribution in [-0.4, -0.2) is 0 Å². The molecule has 0 amide bonds. The van der Waals surface area contributed by atoms with E-state index in [9.17, 15) is 0 Å². The number of aryl methyl sites for hydroxylation is 4. The minimum atomic E-state index is -1.71. The van der Waals surface area contributed by atoms with Gasteiger partial charge in [-0.3, -0.25) is 0 Å². The van der Waals surface area contributed by atoms with Gasteiger partial charge in [0.25, 0.3) is 0 Å². The van der Waals surface area contributed by atoms with Crippen LogP contribution in [0.5, 0.6) is 23.0 Å². The molecule has 8 aromatic carbocycles. The maximum absolute atomic E-state index is 6.91. The van der Waals surface area contributed by atoms with E-state index < -0.39 is 16.8 Å². The fraction of sp³-hybridized carbons (Fsp3) is 0.0833. The molecule has 0 heterocycles. The first-order chi connectivity index (χ1) is 26.4. The maximum atomic E-state index is 6.91. The van der Waals surface area contributed by atoms with Crippen molar-refractivity contribution in [2.24, 2.45) is 0 Å². The summed E-state index contributed by atoms with van der Waals surface area (Å²) in [5, 5.41) is 6.28. The molecule has 266 valence electrons. The molecule has 0 bridgehead atoms. The summed E-state index contributed by atoms with van der Waals surface area (Å²) in [7, 11) is -3.42. The number of rotatable bonds is 11. The van der Waals surface area contributed by atoms with Crippen LogP contribution in [0.15, 0.2) is 170 Å². The number of fused-ring (bicyclic) bond motifs is 2. The molecule has 54 heavy (non-hydrogen) atoms. The quantitative estimate of drug-likeness (QED) is 0.124. The topological polar surface area (TPSA) is 36.9 Å². The molecule has 0 aliphatic carbocycles. The first-order valence-corrected chi connectivity index (χ1v) is 20.4. The van der Waals surface area contributed by atoms with Gasteiger partial charge in [-0.1, -0.05) is 131 Å². The third-order valence-electron chi connectivity index (χ3n) is 9.29. The summed E-state index contributed by atoms with van der Waals surface area (Å²) in [5.41, 5.74) is 6.69. The highest BCUT2D eigenvalue weighted by molar-refractivity contribution is 7.58. The number of hydrogen-bond acceptors (Lipinski definition) is 4. The van der Waals surface area contributed by atoms with Crippen LogP contribution in [0.25, 0.3) is 32.7 Å². The minimum absolute atomic E-state index is 0.740. The lowest BCUT2D eigenvalue weighted by molar-refractivity contribution is 0.501. The van der Waals surface area contributed by atoms with Crippen molar-refractivity contribution in [2.75, 3.05) is 0 Å². The summed E-state index contributed by atoms with van der Waals surface area (Å²) in [5.74, 6) is 2.96. The van der Waals surface area contributed by atoms with Crippen molar-refractivity contribution in [2.45, 2.75) is 27.7 Å². The van der Waals surface area contributed by atoms with E-state index in [1.807, 2.05) is 48.5 Å². The summed E-state index contributed by atoms with van der Waals surface area (Å²) < 4.78 is 27.6. The lowest BCUT2D eigenvalue weighted by Crippen LogP contribution is -2.19. The second kappa shape index (κ2) is 15.7. The largest absolute Gasteiger partial charge is 0.435 e. The Morgan fingerprint density at radius 3 is 0.870 bits per heavy atom. The van der Waals surface area contributed by atoms with Gasteiger partial charge < -0.3 is 18.1 Å². The Kier molecular flexibility index (Phi) is 10.3. The highest BCUT2D eigenvalue weighted by Crippen LogP contribution is 2.49. The molecule has 0 spiro atoms. The normalized spacial score (nSPS) is 11.3. The molecule has 4 nitrogen and oxygen atoms in total. The van der Waals surface area contributed by atoms with Crippen molar-refractivity contribution in [1.29, 1.82) is 0 Å². The van der Waals surface area contributed by atoms with Crippen molar-refractivity contribution < 1.29 is 18.1 Å². The molecule has 0 fully saturated rings. The second-order valence-corrected chi connectivity index (χ2v) is 16.2. The SMILES string of the molecule is Cc1ccc(OP(Oc2ccc(C)cc2)c2ccc3ccccc3c2-c2c(P(Oc3ccc(C)cc3)Oc3ccc(C)cc3)ccc3ccccc23)cc1. The molecular weight excluding hydrogens is 702 g/mol. The van der Waals surface area contributed by atoms with Crippen LogP contribution in [0.2, 0.25) is 0 Å². The molecule has 0 unspecified atom stereocenters. The van der Waals surface area contributed by atoms with E-state index in [4.69, 9.17) is 18.1 Å². The molecule has 0 N–H and O–H groups in total. The average Bonchev–Trinajstić information content (AvgIpc) is 3.20. The van der Waals surface area contributed by atoms with Crippen LogP contribution < -0.4 is 28.7 Å². The van der Waals surface area contributed by atoms with E-state index in [-0.39, 0.29) is 0 Å². The molecule has 0 saturated heterocycles. The van der Waals surface area contributed by atoms with E-state index in [0.717, 1.165) is 88.5 Å². The fourth-order valence-electron chi connectivity index (χ4n) is 6.36. The van der Waals surface area contributed by atoms with E-state index in [0.29, 0.717) is 0 Å². The molecule has 0 saturated carbocycles. The standard InChI is InChI=1S/C48H40O4P2/c1-33-13-23-39(24-14-33)49-53(50-40-25-15-34(2)16-26-40)45-31-21-37-9-5-7-11-43(37)47(45)48-44-12-8-6-10-38(44)22-32-46(48)54(51-41-27-17-35(3)18-28-41)52-42-29-19-36(4)20-30-42/h5-32H,1-4H3. The van der Waals surface area contributed by atoms with Crippen molar-refractivity contribution >= 4 is 48.9 Å². The molecule has 8 rings (SSSR count). The Morgan fingerprint density at radius 2 is 0.574 bits per heavy atom. The third kappa shape index (κ3) is 7.82. The zero-order valence-electron chi connectivity index (χ0n) is 30.7. The molecule has 0 radical (unpaired) electrons. The predicted octanol–water partition coefficient (Wildman–Crippen LogP) is 13.1. The van der Waals surface area contributed by atoms with Gasteiger partial charge in [-0.2, -0.15) is 0 Å². The molecular formula is C48H40O4P2. The summed E-state index contributed by atoms with van der Waals surface area (Å²) >= 11 is 0. The first kappa shape index (κ1) is 35.4. The van der Waals surface area contributed by atoms with Gasteiger partial charge in [0.05, 0.1) is 10.6 Å². The summed E-state index contributed by atoms with van der Waals surface area (Å²) in [4.78, 5) is 0. The monoisotopic (exact) mass is 742 g/mol. The zero-order chi connectivity index (χ0) is 37.0. The Morgan fingerprint density at radius 1 is 0.296 bits per heavy atom. The van der Waals surface area contributed by atoms with E-state index in [1.54, 1.807) is 0 Å². The van der Waals surface area contributed by atoms with Crippen LogP contribution >= 0.6 is 16.8 Å². The molecule has 8 aromatic rings. The molecule has 0 aliphatic heterocycles. The van der Waals surface area contributed by atoms with Crippen molar-refractivity contribution in [3.05, 3.63) is 192 Å². The molecule has 0 atom stereocenters. The summed E-state index contributed by atoms with van der Waals surface area (Å²) in [6.45, 7) is 8.31. The Bertz CT molecular complexity index is 2260. The van der Waals surface area contributed by atoms with Crippen molar-refractivity contribution in [1.82, 2.24) is 0 Å². The van der Waals surface area contributed by atoms with Crippen molar-refractivity contribution in [3.8, 4) is 34.1 Å². The average molecular weight is 743 g/mol. The van der Waals surface area contributed by atoms with Crippen LogP contribution in [0, 0.1) is 27.7 Å². The highest BCUT2D eigenvalue weighted by Gasteiger charge is 2.31. The molecule has 0 aromatic heterocycles. The van der Waals surface area contributed by atoms with Gasteiger partial charge >= 0.3 is 16.8 Å². The lowest BCUT2D eigenvalue weighted by Gasteiger charge is -2.26. The third-order valence-corrected chi connectivity index (χ3v) is 12.3. The van der Waals surface area contributed by atoms with Gasteiger partial charge in [-0.25, -0.2) is 0 Å². The fourth-order valence-corrected chi connectivity index (χ4v) is 9.31. The Balaban J connectivity index is 1.39. The maximum Gasteiger partial charge on any atom is 0.326 e. The highest BCUT2D eigenvalue weighted by atomic mass is 31.2.